The van der Waals surface area contributed by atoms with Crippen LogP contribution in [0.4, 0.5) is 0 Å². The summed E-state index contributed by atoms with van der Waals surface area (Å²) < 4.78 is 5.24. The second-order valence-corrected chi connectivity index (χ2v) is 5.93. The molecule has 1 amide bonds. The van der Waals surface area contributed by atoms with Gasteiger partial charge in [0, 0.05) is 24.6 Å². The van der Waals surface area contributed by atoms with E-state index in [4.69, 9.17) is 9.84 Å². The van der Waals surface area contributed by atoms with Crippen LogP contribution in [0.1, 0.15) is 27.4 Å². The molecule has 0 bridgehead atoms. The topological polar surface area (TPSA) is 49.8 Å². The van der Waals surface area contributed by atoms with Gasteiger partial charge in [-0.2, -0.15) is 0 Å². The number of carbonyl (C=O) groups excluding carboxylic acids is 1. The molecule has 1 aromatic heterocycles. The Balaban J connectivity index is 2.07. The Bertz CT molecular complexity index is 422. The third kappa shape index (κ3) is 2.67. The minimum absolute atomic E-state index is 0.0568. The first-order chi connectivity index (χ1) is 8.65. The van der Waals surface area contributed by atoms with Crippen LogP contribution in [0.3, 0.4) is 0 Å². The number of methoxy groups -OCH3 is 1. The fourth-order valence-electron chi connectivity index (χ4n) is 2.25. The maximum absolute atomic E-state index is 12.4. The zero-order chi connectivity index (χ0) is 13.1. The second-order valence-electron chi connectivity index (χ2n) is 4.67. The number of aliphatic hydroxyl groups is 1. The number of carbonyl (C=O) groups is 1. The lowest BCUT2D eigenvalue weighted by Gasteiger charge is -2.30. The summed E-state index contributed by atoms with van der Waals surface area (Å²) in [5, 5.41) is 9.10. The van der Waals surface area contributed by atoms with Crippen molar-refractivity contribution in [2.75, 3.05) is 26.8 Å². The van der Waals surface area contributed by atoms with E-state index in [2.05, 4.69) is 0 Å². The molecule has 0 radical (unpaired) electrons. The third-order valence-corrected chi connectivity index (χ3v) is 4.42. The van der Waals surface area contributed by atoms with Crippen molar-refractivity contribution in [2.24, 2.45) is 5.92 Å². The lowest BCUT2D eigenvalue weighted by Crippen LogP contribution is -2.39. The van der Waals surface area contributed by atoms with Crippen molar-refractivity contribution in [1.29, 1.82) is 0 Å². The molecule has 2 rings (SSSR count). The Morgan fingerprint density at radius 2 is 2.22 bits per heavy atom. The molecule has 2 heterocycles. The molecule has 18 heavy (non-hydrogen) atoms. The smallest absolute Gasteiger partial charge is 0.267 e. The standard InChI is InChI=1S/C13H19NO3S/c1-9-7-11(17-2)12(18-9)13(16)14-5-3-10(8-15)4-6-14/h7,10,15H,3-6,8H2,1-2H3. The van der Waals surface area contributed by atoms with Gasteiger partial charge in [-0.25, -0.2) is 0 Å². The van der Waals surface area contributed by atoms with E-state index in [1.807, 2.05) is 17.9 Å². The molecule has 1 aliphatic heterocycles. The molecule has 100 valence electrons. The van der Waals surface area contributed by atoms with E-state index in [1.54, 1.807) is 7.11 Å². The van der Waals surface area contributed by atoms with Gasteiger partial charge in [0.05, 0.1) is 7.11 Å². The maximum atomic E-state index is 12.4. The molecular formula is C13H19NO3S. The van der Waals surface area contributed by atoms with Gasteiger partial charge in [-0.3, -0.25) is 4.79 Å². The summed E-state index contributed by atoms with van der Waals surface area (Å²) in [7, 11) is 1.59. The van der Waals surface area contributed by atoms with Crippen LogP contribution in [-0.4, -0.2) is 42.7 Å². The van der Waals surface area contributed by atoms with Gasteiger partial charge in [0.25, 0.3) is 5.91 Å². The average Bonchev–Trinajstić information content (AvgIpc) is 2.79. The van der Waals surface area contributed by atoms with E-state index < -0.39 is 0 Å². The number of nitrogens with zero attached hydrogens (tertiary/aromatic N) is 1. The highest BCUT2D eigenvalue weighted by Crippen LogP contribution is 2.31. The van der Waals surface area contributed by atoms with Crippen LogP contribution in [0.2, 0.25) is 0 Å². The molecule has 0 saturated carbocycles. The fourth-order valence-corrected chi connectivity index (χ4v) is 3.20. The first-order valence-electron chi connectivity index (χ1n) is 6.20. The van der Waals surface area contributed by atoms with Crippen LogP contribution >= 0.6 is 11.3 Å². The van der Waals surface area contributed by atoms with Crippen molar-refractivity contribution in [3.8, 4) is 5.75 Å². The Hall–Kier alpha value is -1.07. The molecule has 1 saturated heterocycles. The summed E-state index contributed by atoms with van der Waals surface area (Å²) in [6, 6.07) is 1.90. The Morgan fingerprint density at radius 3 is 2.78 bits per heavy atom. The summed E-state index contributed by atoms with van der Waals surface area (Å²) in [5.74, 6) is 1.08. The van der Waals surface area contributed by atoms with E-state index in [1.165, 1.54) is 11.3 Å². The van der Waals surface area contributed by atoms with Crippen molar-refractivity contribution >= 4 is 17.2 Å². The highest BCUT2D eigenvalue weighted by Gasteiger charge is 2.26. The predicted octanol–water partition coefficient (Wildman–Crippen LogP) is 1.91. The molecule has 0 aromatic carbocycles. The number of thiophene rings is 1. The fraction of sp³-hybridized carbons (Fsp3) is 0.615. The van der Waals surface area contributed by atoms with Crippen molar-refractivity contribution < 1.29 is 14.6 Å². The number of aliphatic hydroxyl groups excluding tert-OH is 1. The van der Waals surface area contributed by atoms with Gasteiger partial charge < -0.3 is 14.7 Å². The number of hydrogen-bond acceptors (Lipinski definition) is 4. The molecule has 1 aromatic rings. The molecule has 1 aliphatic rings. The molecular weight excluding hydrogens is 250 g/mol. The van der Waals surface area contributed by atoms with Crippen LogP contribution in [0.25, 0.3) is 0 Å². The number of piperidine rings is 1. The van der Waals surface area contributed by atoms with Gasteiger partial charge in [0.2, 0.25) is 0 Å². The molecule has 5 heteroatoms. The van der Waals surface area contributed by atoms with E-state index in [9.17, 15) is 4.79 Å². The summed E-state index contributed by atoms with van der Waals surface area (Å²) in [6.45, 7) is 3.65. The predicted molar refractivity (Wildman–Crippen MR) is 71.3 cm³/mol. The summed E-state index contributed by atoms with van der Waals surface area (Å²) in [4.78, 5) is 16.0. The van der Waals surface area contributed by atoms with Crippen LogP contribution < -0.4 is 4.74 Å². The molecule has 0 atom stereocenters. The van der Waals surface area contributed by atoms with E-state index in [0.717, 1.165) is 30.8 Å². The van der Waals surface area contributed by atoms with E-state index >= 15 is 0 Å². The number of amides is 1. The minimum Gasteiger partial charge on any atom is -0.495 e. The minimum atomic E-state index is 0.0568. The summed E-state index contributed by atoms with van der Waals surface area (Å²) in [5.41, 5.74) is 0. The van der Waals surface area contributed by atoms with Crippen LogP contribution in [0.15, 0.2) is 6.07 Å². The normalized spacial score (nSPS) is 16.9. The monoisotopic (exact) mass is 269 g/mol. The molecule has 1 N–H and O–H groups in total. The first kappa shape index (κ1) is 13.4. The van der Waals surface area contributed by atoms with Gasteiger partial charge in [0.1, 0.15) is 10.6 Å². The quantitative estimate of drug-likeness (QED) is 0.912. The molecule has 0 spiro atoms. The first-order valence-corrected chi connectivity index (χ1v) is 7.02. The number of hydrogen-bond donors (Lipinski definition) is 1. The van der Waals surface area contributed by atoms with Gasteiger partial charge >= 0.3 is 0 Å². The average molecular weight is 269 g/mol. The largest absolute Gasteiger partial charge is 0.495 e. The highest BCUT2D eigenvalue weighted by atomic mass is 32.1. The number of likely N-dealkylation sites (tertiary alicyclic amines) is 1. The summed E-state index contributed by atoms with van der Waals surface area (Å²) in [6.07, 6.45) is 1.77. The molecule has 0 unspecified atom stereocenters. The molecule has 1 fully saturated rings. The van der Waals surface area contributed by atoms with Crippen molar-refractivity contribution in [1.82, 2.24) is 4.90 Å². The lowest BCUT2D eigenvalue weighted by molar-refractivity contribution is 0.0653. The molecule has 4 nitrogen and oxygen atoms in total. The highest BCUT2D eigenvalue weighted by molar-refractivity contribution is 7.14. The lowest BCUT2D eigenvalue weighted by atomic mass is 9.98. The Kier molecular flexibility index (Phi) is 4.24. The zero-order valence-electron chi connectivity index (χ0n) is 10.8. The van der Waals surface area contributed by atoms with Crippen molar-refractivity contribution in [2.45, 2.75) is 19.8 Å². The Morgan fingerprint density at radius 1 is 1.56 bits per heavy atom. The number of aryl methyl sites for hydroxylation is 1. The van der Waals surface area contributed by atoms with E-state index in [0.29, 0.717) is 16.5 Å². The van der Waals surface area contributed by atoms with Gasteiger partial charge in [0.15, 0.2) is 0 Å². The van der Waals surface area contributed by atoms with Gasteiger partial charge in [-0.15, -0.1) is 11.3 Å². The number of ether oxygens (including phenoxy) is 1. The molecule has 0 aliphatic carbocycles. The van der Waals surface area contributed by atoms with Crippen LogP contribution in [0, 0.1) is 12.8 Å². The van der Waals surface area contributed by atoms with Crippen molar-refractivity contribution in [3.05, 3.63) is 15.8 Å². The van der Waals surface area contributed by atoms with Crippen LogP contribution in [-0.2, 0) is 0 Å². The number of rotatable bonds is 3. The summed E-state index contributed by atoms with van der Waals surface area (Å²) >= 11 is 1.48. The van der Waals surface area contributed by atoms with Gasteiger partial charge in [-0.1, -0.05) is 0 Å². The van der Waals surface area contributed by atoms with Gasteiger partial charge in [-0.05, 0) is 31.7 Å². The van der Waals surface area contributed by atoms with E-state index in [-0.39, 0.29) is 12.5 Å². The van der Waals surface area contributed by atoms with Crippen LogP contribution in [0.5, 0.6) is 5.75 Å². The maximum Gasteiger partial charge on any atom is 0.267 e. The third-order valence-electron chi connectivity index (χ3n) is 3.40. The second kappa shape index (κ2) is 5.71. The zero-order valence-corrected chi connectivity index (χ0v) is 11.6. The van der Waals surface area contributed by atoms with Crippen molar-refractivity contribution in [3.63, 3.8) is 0 Å². The Labute approximate surface area is 111 Å². The SMILES string of the molecule is COc1cc(C)sc1C(=O)N1CCC(CO)CC1.